The molecule has 2 atom stereocenters. The molecule has 1 unspecified atom stereocenters. The van der Waals surface area contributed by atoms with Crippen molar-refractivity contribution in [3.8, 4) is 0 Å². The number of rotatable bonds is 3. The first-order valence-electron chi connectivity index (χ1n) is 7.84. The van der Waals surface area contributed by atoms with Crippen LogP contribution in [0.3, 0.4) is 0 Å². The molecule has 0 radical (unpaired) electrons. The molecule has 21 heavy (non-hydrogen) atoms. The zero-order valence-electron chi connectivity index (χ0n) is 12.9. The summed E-state index contributed by atoms with van der Waals surface area (Å²) in [6, 6.07) is 23.1. The number of nitrogens with zero attached hydrogens (tertiary/aromatic N) is 1. The van der Waals surface area contributed by atoms with Crippen LogP contribution in [0, 0.1) is 0 Å². The Morgan fingerprint density at radius 1 is 0.905 bits per heavy atom. The molecule has 1 saturated heterocycles. The molecule has 1 fully saturated rings. The molecule has 1 aliphatic heterocycles. The summed E-state index contributed by atoms with van der Waals surface area (Å²) in [4.78, 5) is 2.63. The highest BCUT2D eigenvalue weighted by molar-refractivity contribution is 5.32. The van der Waals surface area contributed by atoms with Crippen molar-refractivity contribution in [2.45, 2.75) is 32.0 Å². The van der Waals surface area contributed by atoms with Gasteiger partial charge in [-0.05, 0) is 25.0 Å². The van der Waals surface area contributed by atoms with Crippen molar-refractivity contribution in [3.05, 3.63) is 71.8 Å². The fraction of sp³-hybridized carbons (Fsp3) is 0.368. The van der Waals surface area contributed by atoms with Crippen molar-refractivity contribution in [1.29, 1.82) is 0 Å². The molecule has 0 amide bonds. The lowest BCUT2D eigenvalue weighted by Gasteiger charge is -2.43. The molecule has 1 heterocycles. The predicted molar refractivity (Wildman–Crippen MR) is 88.4 cm³/mol. The summed E-state index contributed by atoms with van der Waals surface area (Å²) in [5, 5.41) is 3.58. The van der Waals surface area contributed by atoms with Gasteiger partial charge in [-0.15, -0.1) is 0 Å². The van der Waals surface area contributed by atoms with Crippen molar-refractivity contribution < 1.29 is 0 Å². The Labute approximate surface area is 127 Å². The van der Waals surface area contributed by atoms with Gasteiger partial charge in [0.1, 0.15) is 0 Å². The maximum atomic E-state index is 3.58. The van der Waals surface area contributed by atoms with E-state index in [0.29, 0.717) is 18.1 Å². The minimum Gasteiger partial charge on any atom is -0.311 e. The van der Waals surface area contributed by atoms with Crippen molar-refractivity contribution in [3.63, 3.8) is 0 Å². The fourth-order valence-electron chi connectivity index (χ4n) is 3.26. The fourth-order valence-corrected chi connectivity index (χ4v) is 3.26. The Balaban J connectivity index is 2.00. The summed E-state index contributed by atoms with van der Waals surface area (Å²) in [5.41, 5.74) is 2.76. The zero-order chi connectivity index (χ0) is 14.7. The van der Waals surface area contributed by atoms with E-state index in [9.17, 15) is 0 Å². The van der Waals surface area contributed by atoms with Crippen LogP contribution in [-0.4, -0.2) is 30.1 Å². The van der Waals surface area contributed by atoms with Gasteiger partial charge >= 0.3 is 0 Å². The van der Waals surface area contributed by atoms with Gasteiger partial charge in [0.2, 0.25) is 0 Å². The van der Waals surface area contributed by atoms with E-state index in [0.717, 1.165) is 13.1 Å². The molecular weight excluding hydrogens is 256 g/mol. The SMILES string of the molecule is CC1CN(C(c2ccccc2)c2ccccc2)[C@@H](C)CN1. The highest BCUT2D eigenvalue weighted by Gasteiger charge is 2.30. The summed E-state index contributed by atoms with van der Waals surface area (Å²) in [6.45, 7) is 6.72. The molecule has 0 aromatic heterocycles. The van der Waals surface area contributed by atoms with Crippen molar-refractivity contribution in [2.75, 3.05) is 13.1 Å². The summed E-state index contributed by atoms with van der Waals surface area (Å²) in [5.74, 6) is 0. The van der Waals surface area contributed by atoms with Gasteiger partial charge in [-0.2, -0.15) is 0 Å². The molecule has 0 bridgehead atoms. The standard InChI is InChI=1S/C19H24N2/c1-15-14-21(16(2)13-20-15)19(17-9-5-3-6-10-17)18-11-7-4-8-12-18/h3-12,15-16,19-20H,13-14H2,1-2H3/t15?,16-/m0/s1. The van der Waals surface area contributed by atoms with E-state index in [4.69, 9.17) is 0 Å². The molecule has 110 valence electrons. The molecule has 0 aliphatic carbocycles. The highest BCUT2D eigenvalue weighted by Crippen LogP contribution is 2.31. The maximum absolute atomic E-state index is 3.58. The van der Waals surface area contributed by atoms with Gasteiger partial charge < -0.3 is 5.32 Å². The number of hydrogen-bond donors (Lipinski definition) is 1. The van der Waals surface area contributed by atoms with E-state index in [2.05, 4.69) is 84.7 Å². The van der Waals surface area contributed by atoms with Gasteiger partial charge in [-0.3, -0.25) is 4.90 Å². The van der Waals surface area contributed by atoms with Crippen LogP contribution in [0.25, 0.3) is 0 Å². The van der Waals surface area contributed by atoms with Crippen LogP contribution in [0.5, 0.6) is 0 Å². The third-order valence-corrected chi connectivity index (χ3v) is 4.37. The molecule has 2 heteroatoms. The second-order valence-electron chi connectivity index (χ2n) is 6.08. The van der Waals surface area contributed by atoms with Gasteiger partial charge in [0.05, 0.1) is 6.04 Å². The lowest BCUT2D eigenvalue weighted by atomic mass is 9.94. The minimum atomic E-state index is 0.340. The Morgan fingerprint density at radius 3 is 1.95 bits per heavy atom. The second-order valence-corrected chi connectivity index (χ2v) is 6.08. The van der Waals surface area contributed by atoms with Gasteiger partial charge in [0.15, 0.2) is 0 Å². The maximum Gasteiger partial charge on any atom is 0.0605 e. The smallest absolute Gasteiger partial charge is 0.0605 e. The number of benzene rings is 2. The van der Waals surface area contributed by atoms with Crippen LogP contribution in [0.1, 0.15) is 31.0 Å². The summed E-state index contributed by atoms with van der Waals surface area (Å²) < 4.78 is 0. The van der Waals surface area contributed by atoms with Crippen molar-refractivity contribution in [1.82, 2.24) is 10.2 Å². The lowest BCUT2D eigenvalue weighted by Crippen LogP contribution is -2.55. The average molecular weight is 280 g/mol. The van der Waals surface area contributed by atoms with Crippen LogP contribution >= 0.6 is 0 Å². The van der Waals surface area contributed by atoms with Crippen LogP contribution in [0.4, 0.5) is 0 Å². The van der Waals surface area contributed by atoms with E-state index in [-0.39, 0.29) is 0 Å². The first-order chi connectivity index (χ1) is 10.3. The average Bonchev–Trinajstić information content (AvgIpc) is 2.53. The molecular formula is C19H24N2. The number of piperazine rings is 1. The van der Waals surface area contributed by atoms with E-state index in [1.165, 1.54) is 11.1 Å². The van der Waals surface area contributed by atoms with E-state index in [1.807, 2.05) is 0 Å². The number of hydrogen-bond acceptors (Lipinski definition) is 2. The largest absolute Gasteiger partial charge is 0.311 e. The van der Waals surface area contributed by atoms with Crippen LogP contribution in [-0.2, 0) is 0 Å². The van der Waals surface area contributed by atoms with E-state index in [1.54, 1.807) is 0 Å². The highest BCUT2D eigenvalue weighted by atomic mass is 15.2. The number of nitrogens with one attached hydrogen (secondary N) is 1. The lowest BCUT2D eigenvalue weighted by molar-refractivity contribution is 0.113. The molecule has 3 rings (SSSR count). The van der Waals surface area contributed by atoms with Gasteiger partial charge in [0, 0.05) is 25.2 Å². The van der Waals surface area contributed by atoms with Crippen molar-refractivity contribution >= 4 is 0 Å². The molecule has 2 aromatic rings. The van der Waals surface area contributed by atoms with Gasteiger partial charge in [-0.25, -0.2) is 0 Å². The molecule has 2 nitrogen and oxygen atoms in total. The van der Waals surface area contributed by atoms with Crippen molar-refractivity contribution in [2.24, 2.45) is 0 Å². The minimum absolute atomic E-state index is 0.340. The summed E-state index contributed by atoms with van der Waals surface area (Å²) >= 11 is 0. The Hall–Kier alpha value is -1.64. The van der Waals surface area contributed by atoms with Gasteiger partial charge in [0.25, 0.3) is 0 Å². The first-order valence-corrected chi connectivity index (χ1v) is 7.84. The van der Waals surface area contributed by atoms with E-state index >= 15 is 0 Å². The van der Waals surface area contributed by atoms with Crippen LogP contribution in [0.15, 0.2) is 60.7 Å². The quantitative estimate of drug-likeness (QED) is 0.926. The van der Waals surface area contributed by atoms with Crippen LogP contribution < -0.4 is 5.32 Å². The molecule has 0 saturated carbocycles. The first kappa shape index (κ1) is 14.3. The summed E-state index contributed by atoms with van der Waals surface area (Å²) in [6.07, 6.45) is 0. The predicted octanol–water partition coefficient (Wildman–Crippen LogP) is 3.46. The Morgan fingerprint density at radius 2 is 1.43 bits per heavy atom. The summed E-state index contributed by atoms with van der Waals surface area (Å²) in [7, 11) is 0. The molecule has 1 aliphatic rings. The molecule has 2 aromatic carbocycles. The Bertz CT molecular complexity index is 513. The topological polar surface area (TPSA) is 15.3 Å². The zero-order valence-corrected chi connectivity index (χ0v) is 12.9. The normalized spacial score (nSPS) is 23.4. The van der Waals surface area contributed by atoms with E-state index < -0.39 is 0 Å². The van der Waals surface area contributed by atoms with Crippen LogP contribution in [0.2, 0.25) is 0 Å². The third-order valence-electron chi connectivity index (χ3n) is 4.37. The second kappa shape index (κ2) is 6.42. The van der Waals surface area contributed by atoms with Gasteiger partial charge in [-0.1, -0.05) is 60.7 Å². The molecule has 0 spiro atoms. The Kier molecular flexibility index (Phi) is 4.37. The molecule has 1 N–H and O–H groups in total. The third kappa shape index (κ3) is 3.17. The monoisotopic (exact) mass is 280 g/mol.